The van der Waals surface area contributed by atoms with Crippen molar-refractivity contribution in [2.45, 2.75) is 12.8 Å². The third-order valence-electron chi connectivity index (χ3n) is 2.37. The topological polar surface area (TPSA) is 57.1 Å². The van der Waals surface area contributed by atoms with Gasteiger partial charge in [-0.2, -0.15) is 18.2 Å². The Kier molecular flexibility index (Phi) is 4.02. The number of rotatable bonds is 4. The number of aromatic nitrogens is 3. The molecule has 0 aliphatic carbocycles. The van der Waals surface area contributed by atoms with E-state index in [-0.39, 0.29) is 12.5 Å². The molecule has 8 heteroatoms. The van der Waals surface area contributed by atoms with Gasteiger partial charge in [-0.15, -0.1) is 0 Å². The monoisotopic (exact) mass is 285 g/mol. The number of ether oxygens (including phenoxy) is 2. The SMILES string of the molecule is COc1cncnc1OCc1ccc(C(F)(F)F)cn1. The van der Waals surface area contributed by atoms with Crippen molar-refractivity contribution < 1.29 is 22.6 Å². The summed E-state index contributed by atoms with van der Waals surface area (Å²) >= 11 is 0. The molecule has 106 valence electrons. The number of nitrogens with zero attached hydrogens (tertiary/aromatic N) is 3. The van der Waals surface area contributed by atoms with Gasteiger partial charge in [0.15, 0.2) is 5.75 Å². The molecule has 2 aromatic heterocycles. The van der Waals surface area contributed by atoms with Crippen LogP contribution in [0.3, 0.4) is 0 Å². The van der Waals surface area contributed by atoms with Gasteiger partial charge in [0.05, 0.1) is 24.6 Å². The Bertz CT molecular complexity index is 573. The van der Waals surface area contributed by atoms with E-state index in [2.05, 4.69) is 15.0 Å². The molecule has 2 rings (SSSR count). The quantitative estimate of drug-likeness (QED) is 0.863. The lowest BCUT2D eigenvalue weighted by Gasteiger charge is -2.09. The number of methoxy groups -OCH3 is 1. The predicted molar refractivity (Wildman–Crippen MR) is 62.2 cm³/mol. The normalized spacial score (nSPS) is 11.2. The fourth-order valence-corrected chi connectivity index (χ4v) is 1.37. The average Bonchev–Trinajstić information content (AvgIpc) is 2.45. The molecule has 0 aliphatic rings. The summed E-state index contributed by atoms with van der Waals surface area (Å²) in [5, 5.41) is 0. The zero-order chi connectivity index (χ0) is 14.6. The van der Waals surface area contributed by atoms with Crippen LogP contribution in [0.15, 0.2) is 30.9 Å². The van der Waals surface area contributed by atoms with E-state index in [0.29, 0.717) is 11.4 Å². The van der Waals surface area contributed by atoms with Crippen LogP contribution in [0.25, 0.3) is 0 Å². The summed E-state index contributed by atoms with van der Waals surface area (Å²) in [6.07, 6.45) is -0.946. The molecular formula is C12H10F3N3O2. The van der Waals surface area contributed by atoms with Gasteiger partial charge in [-0.25, -0.2) is 4.98 Å². The van der Waals surface area contributed by atoms with Crippen LogP contribution in [0, 0.1) is 0 Å². The van der Waals surface area contributed by atoms with Gasteiger partial charge in [-0.1, -0.05) is 0 Å². The minimum Gasteiger partial charge on any atom is -0.490 e. The Morgan fingerprint density at radius 3 is 2.55 bits per heavy atom. The van der Waals surface area contributed by atoms with Crippen LogP contribution in [0.2, 0.25) is 0 Å². The van der Waals surface area contributed by atoms with Crippen LogP contribution in [-0.2, 0) is 12.8 Å². The second kappa shape index (κ2) is 5.72. The van der Waals surface area contributed by atoms with Crippen molar-refractivity contribution >= 4 is 0 Å². The van der Waals surface area contributed by atoms with E-state index < -0.39 is 11.7 Å². The van der Waals surface area contributed by atoms with Crippen molar-refractivity contribution in [3.8, 4) is 11.6 Å². The molecule has 2 heterocycles. The van der Waals surface area contributed by atoms with Crippen molar-refractivity contribution in [1.82, 2.24) is 15.0 Å². The molecule has 0 saturated heterocycles. The summed E-state index contributed by atoms with van der Waals surface area (Å²) in [5.41, 5.74) is -0.459. The van der Waals surface area contributed by atoms with Gasteiger partial charge >= 0.3 is 6.18 Å². The first-order valence-electron chi connectivity index (χ1n) is 5.49. The summed E-state index contributed by atoms with van der Waals surface area (Å²) in [5.74, 6) is 0.531. The molecule has 0 N–H and O–H groups in total. The van der Waals surface area contributed by atoms with Crippen LogP contribution < -0.4 is 9.47 Å². The molecule has 5 nitrogen and oxygen atoms in total. The van der Waals surface area contributed by atoms with Crippen LogP contribution >= 0.6 is 0 Å². The zero-order valence-corrected chi connectivity index (χ0v) is 10.4. The van der Waals surface area contributed by atoms with E-state index in [9.17, 15) is 13.2 Å². The number of halogens is 3. The third kappa shape index (κ3) is 3.34. The smallest absolute Gasteiger partial charge is 0.417 e. The Morgan fingerprint density at radius 2 is 1.95 bits per heavy atom. The van der Waals surface area contributed by atoms with E-state index in [1.54, 1.807) is 0 Å². The maximum atomic E-state index is 12.4. The van der Waals surface area contributed by atoms with E-state index in [1.165, 1.54) is 25.7 Å². The van der Waals surface area contributed by atoms with Crippen molar-refractivity contribution in [2.75, 3.05) is 7.11 Å². The largest absolute Gasteiger partial charge is 0.490 e. The first kappa shape index (κ1) is 14.0. The lowest BCUT2D eigenvalue weighted by atomic mass is 10.2. The molecular weight excluding hydrogens is 275 g/mol. The second-order valence-electron chi connectivity index (χ2n) is 3.72. The summed E-state index contributed by atoms with van der Waals surface area (Å²) < 4.78 is 47.4. The molecule has 0 aromatic carbocycles. The Labute approximate surface area is 112 Å². The number of pyridine rings is 1. The first-order chi connectivity index (χ1) is 9.50. The van der Waals surface area contributed by atoms with Crippen molar-refractivity contribution in [3.63, 3.8) is 0 Å². The highest BCUT2D eigenvalue weighted by molar-refractivity contribution is 5.29. The summed E-state index contributed by atoms with van der Waals surface area (Å²) in [6, 6.07) is 2.19. The van der Waals surface area contributed by atoms with Gasteiger partial charge in [0, 0.05) is 6.20 Å². The van der Waals surface area contributed by atoms with E-state index >= 15 is 0 Å². The average molecular weight is 285 g/mol. The maximum absolute atomic E-state index is 12.4. The highest BCUT2D eigenvalue weighted by Crippen LogP contribution is 2.28. The minimum absolute atomic E-state index is 0.0223. The number of hydrogen-bond acceptors (Lipinski definition) is 5. The predicted octanol–water partition coefficient (Wildman–Crippen LogP) is 2.48. The Morgan fingerprint density at radius 1 is 1.15 bits per heavy atom. The van der Waals surface area contributed by atoms with Crippen LogP contribution in [-0.4, -0.2) is 22.1 Å². The molecule has 0 fully saturated rings. The molecule has 0 amide bonds. The van der Waals surface area contributed by atoms with Crippen LogP contribution in [0.5, 0.6) is 11.6 Å². The number of alkyl halides is 3. The van der Waals surface area contributed by atoms with Gasteiger partial charge in [0.2, 0.25) is 0 Å². The fraction of sp³-hybridized carbons (Fsp3) is 0.250. The van der Waals surface area contributed by atoms with Gasteiger partial charge in [-0.3, -0.25) is 4.98 Å². The lowest BCUT2D eigenvalue weighted by molar-refractivity contribution is -0.137. The van der Waals surface area contributed by atoms with E-state index in [1.807, 2.05) is 0 Å². The molecule has 2 aromatic rings. The highest BCUT2D eigenvalue weighted by Gasteiger charge is 2.30. The molecule has 20 heavy (non-hydrogen) atoms. The van der Waals surface area contributed by atoms with Crippen molar-refractivity contribution in [3.05, 3.63) is 42.1 Å². The number of hydrogen-bond donors (Lipinski definition) is 0. The van der Waals surface area contributed by atoms with Gasteiger partial charge in [0.25, 0.3) is 5.88 Å². The second-order valence-corrected chi connectivity index (χ2v) is 3.72. The molecule has 0 aliphatic heterocycles. The minimum atomic E-state index is -4.40. The lowest BCUT2D eigenvalue weighted by Crippen LogP contribution is -2.07. The van der Waals surface area contributed by atoms with Crippen LogP contribution in [0.4, 0.5) is 13.2 Å². The molecule has 0 atom stereocenters. The zero-order valence-electron chi connectivity index (χ0n) is 10.4. The summed E-state index contributed by atoms with van der Waals surface area (Å²) in [6.45, 7) is -0.0223. The Balaban J connectivity index is 2.04. The van der Waals surface area contributed by atoms with Crippen LogP contribution in [0.1, 0.15) is 11.3 Å². The molecule has 0 spiro atoms. The molecule has 0 unspecified atom stereocenters. The summed E-state index contributed by atoms with van der Waals surface area (Å²) in [4.78, 5) is 11.3. The van der Waals surface area contributed by atoms with E-state index in [0.717, 1.165) is 12.3 Å². The molecule has 0 radical (unpaired) electrons. The first-order valence-corrected chi connectivity index (χ1v) is 5.49. The van der Waals surface area contributed by atoms with E-state index in [4.69, 9.17) is 9.47 Å². The molecule has 0 bridgehead atoms. The maximum Gasteiger partial charge on any atom is 0.417 e. The third-order valence-corrected chi connectivity index (χ3v) is 2.37. The highest BCUT2D eigenvalue weighted by atomic mass is 19.4. The van der Waals surface area contributed by atoms with Gasteiger partial charge < -0.3 is 9.47 Å². The van der Waals surface area contributed by atoms with Crippen molar-refractivity contribution in [2.24, 2.45) is 0 Å². The van der Waals surface area contributed by atoms with Crippen molar-refractivity contribution in [1.29, 1.82) is 0 Å². The van der Waals surface area contributed by atoms with Gasteiger partial charge in [0.1, 0.15) is 12.9 Å². The standard InChI is InChI=1S/C12H10F3N3O2/c1-19-10-5-16-7-18-11(10)20-6-9-3-2-8(4-17-9)12(13,14)15/h2-5,7H,6H2,1H3. The fourth-order valence-electron chi connectivity index (χ4n) is 1.37. The summed E-state index contributed by atoms with van der Waals surface area (Å²) in [7, 11) is 1.43. The van der Waals surface area contributed by atoms with Gasteiger partial charge in [-0.05, 0) is 12.1 Å². The Hall–Kier alpha value is -2.38. The molecule has 0 saturated carbocycles.